The van der Waals surface area contributed by atoms with E-state index in [1.54, 1.807) is 13.8 Å². The molecule has 0 aromatic carbocycles. The Balaban J connectivity index is 2.96. The highest BCUT2D eigenvalue weighted by Gasteiger charge is 2.38. The summed E-state index contributed by atoms with van der Waals surface area (Å²) in [5, 5.41) is -0.461. The quantitative estimate of drug-likeness (QED) is 0.606. The molecule has 0 aliphatic heterocycles. The number of nitrogens with one attached hydrogen (secondary N) is 1. The van der Waals surface area contributed by atoms with Crippen LogP contribution in [0.15, 0.2) is 0 Å². The average molecular weight is 278 g/mol. The minimum absolute atomic E-state index is 0.281. The Morgan fingerprint density at radius 3 is 2.06 bits per heavy atom. The Kier molecular flexibility index (Phi) is 4.92. The van der Waals surface area contributed by atoms with Crippen LogP contribution >= 0.6 is 12.2 Å². The van der Waals surface area contributed by atoms with Gasteiger partial charge in [-0.25, -0.2) is 13.1 Å². The van der Waals surface area contributed by atoms with E-state index in [-0.39, 0.29) is 4.99 Å². The third-order valence-corrected chi connectivity index (χ3v) is 5.69. The third-order valence-electron chi connectivity index (χ3n) is 3.39. The summed E-state index contributed by atoms with van der Waals surface area (Å²) >= 11 is 5.09. The summed E-state index contributed by atoms with van der Waals surface area (Å²) in [4.78, 5) is 0.281. The van der Waals surface area contributed by atoms with Crippen LogP contribution in [0.1, 0.15) is 52.4 Å². The van der Waals surface area contributed by atoms with Gasteiger partial charge in [-0.15, -0.1) is 0 Å². The molecular weight excluding hydrogens is 256 g/mol. The molecule has 3 N–H and O–H groups in total. The predicted molar refractivity (Wildman–Crippen MR) is 74.4 cm³/mol. The minimum Gasteiger partial charge on any atom is -0.392 e. The largest absolute Gasteiger partial charge is 0.392 e. The molecule has 0 saturated heterocycles. The highest BCUT2D eigenvalue weighted by molar-refractivity contribution is 7.90. The summed E-state index contributed by atoms with van der Waals surface area (Å²) in [6.07, 6.45) is 5.61. The molecule has 0 spiro atoms. The number of nitrogens with two attached hydrogens (primary N) is 1. The lowest BCUT2D eigenvalue weighted by Gasteiger charge is -2.33. The first kappa shape index (κ1) is 14.9. The van der Waals surface area contributed by atoms with Crippen molar-refractivity contribution in [2.24, 2.45) is 5.73 Å². The molecule has 6 heteroatoms. The standard InChI is InChI=1S/C11H22N2O2S2/c1-9(2)17(14,15)13-11(10(12)16)7-5-3-4-6-8-11/h9,13H,3-8H2,1-2H3,(H2,12,16). The number of hydrogen-bond donors (Lipinski definition) is 2. The van der Waals surface area contributed by atoms with Crippen LogP contribution < -0.4 is 10.5 Å². The van der Waals surface area contributed by atoms with Crippen LogP contribution in [0, 0.1) is 0 Å². The van der Waals surface area contributed by atoms with Crippen LogP contribution in [0.3, 0.4) is 0 Å². The van der Waals surface area contributed by atoms with Crippen LogP contribution in [-0.2, 0) is 10.0 Å². The topological polar surface area (TPSA) is 72.2 Å². The molecule has 100 valence electrons. The van der Waals surface area contributed by atoms with E-state index in [0.717, 1.165) is 25.7 Å². The van der Waals surface area contributed by atoms with Gasteiger partial charge < -0.3 is 5.73 Å². The van der Waals surface area contributed by atoms with Gasteiger partial charge in [0.2, 0.25) is 10.0 Å². The first-order chi connectivity index (χ1) is 7.80. The smallest absolute Gasteiger partial charge is 0.214 e. The predicted octanol–water partition coefficient (Wildman–Crippen LogP) is 1.69. The van der Waals surface area contributed by atoms with Gasteiger partial charge in [0.05, 0.1) is 15.8 Å². The van der Waals surface area contributed by atoms with Crippen molar-refractivity contribution in [2.75, 3.05) is 0 Å². The zero-order chi connectivity index (χ0) is 13.1. The molecule has 0 atom stereocenters. The molecule has 0 unspecified atom stereocenters. The Hall–Kier alpha value is -0.200. The highest BCUT2D eigenvalue weighted by atomic mass is 32.2. The van der Waals surface area contributed by atoms with Crippen LogP contribution in [0.5, 0.6) is 0 Å². The summed E-state index contributed by atoms with van der Waals surface area (Å²) in [6, 6.07) is 0. The zero-order valence-corrected chi connectivity index (χ0v) is 12.2. The van der Waals surface area contributed by atoms with Crippen molar-refractivity contribution in [2.45, 2.75) is 63.2 Å². The van der Waals surface area contributed by atoms with Gasteiger partial charge in [-0.05, 0) is 26.7 Å². The fourth-order valence-electron chi connectivity index (χ4n) is 2.12. The molecule has 0 amide bonds. The summed E-state index contributed by atoms with van der Waals surface area (Å²) in [6.45, 7) is 3.32. The molecule has 0 aromatic heterocycles. The molecule has 0 aromatic rings. The molecule has 1 aliphatic carbocycles. The van der Waals surface area contributed by atoms with Crippen LogP contribution in [0.25, 0.3) is 0 Å². The first-order valence-corrected chi connectivity index (χ1v) is 8.08. The van der Waals surface area contributed by atoms with Crippen molar-refractivity contribution in [3.63, 3.8) is 0 Å². The molecule has 0 heterocycles. The van der Waals surface area contributed by atoms with Gasteiger partial charge in [-0.1, -0.05) is 37.9 Å². The molecular formula is C11H22N2O2S2. The molecule has 1 saturated carbocycles. The van der Waals surface area contributed by atoms with Crippen molar-refractivity contribution >= 4 is 27.2 Å². The van der Waals surface area contributed by atoms with E-state index in [0.29, 0.717) is 12.8 Å². The Morgan fingerprint density at radius 2 is 1.71 bits per heavy atom. The van der Waals surface area contributed by atoms with E-state index < -0.39 is 20.8 Å². The van der Waals surface area contributed by atoms with Gasteiger partial charge in [-0.3, -0.25) is 0 Å². The maximum Gasteiger partial charge on any atom is 0.214 e. The van der Waals surface area contributed by atoms with E-state index >= 15 is 0 Å². The summed E-state index contributed by atoms with van der Waals surface area (Å²) < 4.78 is 26.7. The Bertz CT molecular complexity index is 369. The van der Waals surface area contributed by atoms with E-state index in [1.165, 1.54) is 0 Å². The van der Waals surface area contributed by atoms with Gasteiger partial charge in [-0.2, -0.15) is 0 Å². The molecule has 1 rings (SSSR count). The van der Waals surface area contributed by atoms with E-state index in [4.69, 9.17) is 18.0 Å². The van der Waals surface area contributed by atoms with Crippen molar-refractivity contribution in [1.82, 2.24) is 4.72 Å². The van der Waals surface area contributed by atoms with Gasteiger partial charge in [0, 0.05) is 0 Å². The maximum absolute atomic E-state index is 12.0. The fourth-order valence-corrected chi connectivity index (χ4v) is 3.54. The summed E-state index contributed by atoms with van der Waals surface area (Å²) in [5.41, 5.74) is 5.08. The number of thiocarbonyl (C=S) groups is 1. The van der Waals surface area contributed by atoms with Crippen LogP contribution in [-0.4, -0.2) is 24.2 Å². The lowest BCUT2D eigenvalue weighted by molar-refractivity contribution is 0.438. The lowest BCUT2D eigenvalue weighted by Crippen LogP contribution is -2.57. The average Bonchev–Trinajstić information content (AvgIpc) is 2.43. The van der Waals surface area contributed by atoms with Crippen molar-refractivity contribution in [3.8, 4) is 0 Å². The Labute approximate surface area is 109 Å². The number of sulfonamides is 1. The van der Waals surface area contributed by atoms with E-state index in [1.807, 2.05) is 0 Å². The minimum atomic E-state index is -3.33. The molecule has 4 nitrogen and oxygen atoms in total. The van der Waals surface area contributed by atoms with Crippen molar-refractivity contribution in [1.29, 1.82) is 0 Å². The second-order valence-electron chi connectivity index (χ2n) is 5.06. The Morgan fingerprint density at radius 1 is 1.24 bits per heavy atom. The fraction of sp³-hybridized carbons (Fsp3) is 0.909. The summed E-state index contributed by atoms with van der Waals surface area (Å²) in [5.74, 6) is 0. The van der Waals surface area contributed by atoms with Crippen molar-refractivity contribution < 1.29 is 8.42 Å². The normalized spacial score (nSPS) is 21.1. The highest BCUT2D eigenvalue weighted by Crippen LogP contribution is 2.28. The van der Waals surface area contributed by atoms with Gasteiger partial charge in [0.15, 0.2) is 0 Å². The number of rotatable bonds is 4. The van der Waals surface area contributed by atoms with Gasteiger partial charge in [0.1, 0.15) is 0 Å². The van der Waals surface area contributed by atoms with Crippen LogP contribution in [0.2, 0.25) is 0 Å². The third kappa shape index (κ3) is 3.63. The van der Waals surface area contributed by atoms with Gasteiger partial charge in [0.25, 0.3) is 0 Å². The molecule has 1 aliphatic rings. The number of hydrogen-bond acceptors (Lipinski definition) is 3. The molecule has 1 fully saturated rings. The maximum atomic E-state index is 12.0. The monoisotopic (exact) mass is 278 g/mol. The second kappa shape index (κ2) is 5.63. The zero-order valence-electron chi connectivity index (χ0n) is 10.5. The van der Waals surface area contributed by atoms with Crippen LogP contribution in [0.4, 0.5) is 0 Å². The van der Waals surface area contributed by atoms with Crippen molar-refractivity contribution in [3.05, 3.63) is 0 Å². The molecule has 17 heavy (non-hydrogen) atoms. The molecule has 0 bridgehead atoms. The molecule has 0 radical (unpaired) electrons. The lowest BCUT2D eigenvalue weighted by atomic mass is 9.91. The SMILES string of the molecule is CC(C)S(=O)(=O)NC1(C(N)=S)CCCCCC1. The van der Waals surface area contributed by atoms with Gasteiger partial charge >= 0.3 is 0 Å². The second-order valence-corrected chi connectivity index (χ2v) is 7.73. The summed E-state index contributed by atoms with van der Waals surface area (Å²) in [7, 11) is -3.33. The van der Waals surface area contributed by atoms with E-state index in [2.05, 4.69) is 4.72 Å². The van der Waals surface area contributed by atoms with E-state index in [9.17, 15) is 8.42 Å². The first-order valence-electron chi connectivity index (χ1n) is 6.13.